The molecule has 3 saturated carbocycles. The number of carboxylic acid groups (broad SMARTS) is 1. The molecule has 4 rings (SSSR count). The van der Waals surface area contributed by atoms with Crippen LogP contribution in [0.2, 0.25) is 0 Å². The molecule has 3 fully saturated rings. The van der Waals surface area contributed by atoms with Crippen molar-refractivity contribution in [2.45, 2.75) is 70.5 Å². The second-order valence-corrected chi connectivity index (χ2v) is 11.2. The summed E-state index contributed by atoms with van der Waals surface area (Å²) in [5.41, 5.74) is -1.31. The molecule has 0 aromatic rings. The predicted molar refractivity (Wildman–Crippen MR) is 110 cm³/mol. The van der Waals surface area contributed by atoms with Gasteiger partial charge in [-0.3, -0.25) is 9.59 Å². The zero-order chi connectivity index (χ0) is 21.9. The minimum Gasteiger partial charge on any atom is -0.549 e. The maximum Gasteiger partial charge on any atom is 1.00 e. The molecule has 0 heterocycles. The van der Waals surface area contributed by atoms with Crippen molar-refractivity contribution in [2.75, 3.05) is 11.5 Å². The molecule has 4 aliphatic carbocycles. The summed E-state index contributed by atoms with van der Waals surface area (Å²) in [4.78, 5) is 35.6. The van der Waals surface area contributed by atoms with E-state index in [4.69, 9.17) is 0 Å². The Kier molecular flexibility index (Phi) is 7.29. The molecule has 31 heavy (non-hydrogen) atoms. The summed E-state index contributed by atoms with van der Waals surface area (Å²) in [6, 6.07) is 0. The number of aliphatic hydroxyl groups is 2. The van der Waals surface area contributed by atoms with Crippen molar-refractivity contribution in [3.63, 3.8) is 0 Å². The van der Waals surface area contributed by atoms with Gasteiger partial charge in [0.25, 0.3) is 0 Å². The summed E-state index contributed by atoms with van der Waals surface area (Å²) in [6.07, 6.45) is 5.53. The molecule has 0 aromatic heterocycles. The van der Waals surface area contributed by atoms with Crippen LogP contribution >= 0.6 is 11.8 Å². The summed E-state index contributed by atoms with van der Waals surface area (Å²) in [5, 5.41) is 33.5. The molecule has 2 N–H and O–H groups in total. The van der Waals surface area contributed by atoms with E-state index in [2.05, 4.69) is 6.92 Å². The van der Waals surface area contributed by atoms with Gasteiger partial charge >= 0.3 is 29.6 Å². The van der Waals surface area contributed by atoms with Crippen LogP contribution in [0, 0.1) is 28.6 Å². The fourth-order valence-corrected chi connectivity index (χ4v) is 8.19. The van der Waals surface area contributed by atoms with Crippen molar-refractivity contribution in [1.82, 2.24) is 0 Å². The second kappa shape index (κ2) is 8.88. The molecule has 166 valence electrons. The van der Waals surface area contributed by atoms with E-state index in [0.717, 1.165) is 43.0 Å². The van der Waals surface area contributed by atoms with Crippen molar-refractivity contribution in [3.8, 4) is 0 Å². The zero-order valence-corrected chi connectivity index (χ0v) is 21.5. The van der Waals surface area contributed by atoms with Gasteiger partial charge in [-0.2, -0.15) is 0 Å². The van der Waals surface area contributed by atoms with Crippen LogP contribution in [0.15, 0.2) is 11.6 Å². The van der Waals surface area contributed by atoms with Crippen LogP contribution in [-0.2, 0) is 14.4 Å². The first kappa shape index (κ1) is 25.4. The van der Waals surface area contributed by atoms with E-state index in [0.29, 0.717) is 19.3 Å². The van der Waals surface area contributed by atoms with Crippen LogP contribution in [0.25, 0.3) is 0 Å². The third kappa shape index (κ3) is 3.91. The Labute approximate surface area is 209 Å². The number of ketones is 2. The molecule has 8 heteroatoms. The average Bonchev–Trinajstić information content (AvgIpc) is 2.93. The van der Waals surface area contributed by atoms with Gasteiger partial charge in [-0.1, -0.05) is 19.4 Å². The Morgan fingerprint density at radius 1 is 1.19 bits per heavy atom. The van der Waals surface area contributed by atoms with Gasteiger partial charge in [0.2, 0.25) is 0 Å². The predicted octanol–water partition coefficient (Wildman–Crippen LogP) is -1.72. The smallest absolute Gasteiger partial charge is 0.549 e. The van der Waals surface area contributed by atoms with Gasteiger partial charge in [-0.25, -0.2) is 0 Å². The number of fused-ring (bicyclic) bond motifs is 5. The quantitative estimate of drug-likeness (QED) is 0.471. The second-order valence-electron chi connectivity index (χ2n) is 10.3. The molecule has 0 spiro atoms. The Balaban J connectivity index is 0.00000272. The molecule has 7 atom stereocenters. The molecule has 6 nitrogen and oxygen atoms in total. The number of hydrogen-bond donors (Lipinski definition) is 2. The van der Waals surface area contributed by atoms with Gasteiger partial charge in [0.05, 0.1) is 17.8 Å². The van der Waals surface area contributed by atoms with Gasteiger partial charge < -0.3 is 20.1 Å². The SMILES string of the molecule is C[C@]12CCC(=O)C=C1CCC1C2[C@@H](O)C[C@@]2(C)C1CC[C@]2(O)C(=O)CSCC(=O)[O-].[Na+]. The van der Waals surface area contributed by atoms with E-state index in [1.165, 1.54) is 0 Å². The molecule has 0 aliphatic heterocycles. The Morgan fingerprint density at radius 2 is 1.90 bits per heavy atom. The molecular weight excluding hydrogens is 427 g/mol. The van der Waals surface area contributed by atoms with Crippen molar-refractivity contribution < 1.29 is 59.3 Å². The Bertz CT molecular complexity index is 814. The first-order valence-electron chi connectivity index (χ1n) is 11.0. The van der Waals surface area contributed by atoms with Crippen LogP contribution in [0.4, 0.5) is 0 Å². The van der Waals surface area contributed by atoms with Crippen molar-refractivity contribution >= 4 is 29.3 Å². The number of hydrogen-bond acceptors (Lipinski definition) is 7. The standard InChI is InChI=1S/C23H32O6S.Na/c1-21-7-5-14(24)9-13(21)3-4-15-16-6-8-23(29,18(26)11-30-12-19(27)28)22(16,2)10-17(25)20(15)21;/h9,15-17,20,25,29H,3-8,10-12H2,1-2H3,(H,27,28);/q;+1/p-1/t15?,16?,17-,20?,21-,22-,23-;/m0./s1. The molecule has 0 amide bonds. The van der Waals surface area contributed by atoms with E-state index in [1.807, 2.05) is 6.92 Å². The number of carbonyl (C=O) groups excluding carboxylic acids is 3. The average molecular weight is 459 g/mol. The summed E-state index contributed by atoms with van der Waals surface area (Å²) >= 11 is 0.957. The minimum atomic E-state index is -1.54. The summed E-state index contributed by atoms with van der Waals surface area (Å²) in [5.74, 6) is -1.37. The molecule has 0 aromatic carbocycles. The Morgan fingerprint density at radius 3 is 2.58 bits per heavy atom. The van der Waals surface area contributed by atoms with Crippen molar-refractivity contribution in [3.05, 3.63) is 11.6 Å². The third-order valence-corrected chi connectivity index (χ3v) is 9.87. The van der Waals surface area contributed by atoms with E-state index in [9.17, 15) is 29.7 Å². The van der Waals surface area contributed by atoms with Gasteiger partial charge in [-0.15, -0.1) is 11.8 Å². The largest absolute Gasteiger partial charge is 1.00 e. The van der Waals surface area contributed by atoms with Crippen LogP contribution in [0.3, 0.4) is 0 Å². The van der Waals surface area contributed by atoms with E-state index in [-0.39, 0.29) is 75.8 Å². The number of allylic oxidation sites excluding steroid dienone is 1. The van der Waals surface area contributed by atoms with Crippen LogP contribution < -0.4 is 34.7 Å². The third-order valence-electron chi connectivity index (χ3n) is 8.96. The van der Waals surface area contributed by atoms with Gasteiger partial charge in [0.15, 0.2) is 11.6 Å². The van der Waals surface area contributed by atoms with Crippen LogP contribution in [0.5, 0.6) is 0 Å². The number of Topliss-reactive ketones (excluding diaryl/α,β-unsaturated/α-hetero) is 1. The van der Waals surface area contributed by atoms with E-state index >= 15 is 0 Å². The maximum absolute atomic E-state index is 13.0. The van der Waals surface area contributed by atoms with Crippen LogP contribution in [0.1, 0.15) is 58.8 Å². The fourth-order valence-electron chi connectivity index (χ4n) is 7.50. The minimum absolute atomic E-state index is 0. The van der Waals surface area contributed by atoms with Gasteiger partial charge in [0, 0.05) is 17.6 Å². The molecule has 4 aliphatic rings. The zero-order valence-electron chi connectivity index (χ0n) is 18.7. The summed E-state index contributed by atoms with van der Waals surface area (Å²) in [6.45, 7) is 4.11. The topological polar surface area (TPSA) is 115 Å². The van der Waals surface area contributed by atoms with Crippen molar-refractivity contribution in [2.24, 2.45) is 28.6 Å². The van der Waals surface area contributed by atoms with Crippen molar-refractivity contribution in [1.29, 1.82) is 0 Å². The number of aliphatic carboxylic acids is 1. The fraction of sp³-hybridized carbons (Fsp3) is 0.783. The maximum atomic E-state index is 13.0. The molecule has 3 unspecified atom stereocenters. The van der Waals surface area contributed by atoms with E-state index < -0.39 is 23.1 Å². The molecular formula is C23H31NaO6S. The first-order chi connectivity index (χ1) is 14.0. The molecule has 0 radical (unpaired) electrons. The molecule has 0 bridgehead atoms. The Hall–Kier alpha value is -0.180. The number of carbonyl (C=O) groups is 3. The van der Waals surface area contributed by atoms with Crippen LogP contribution in [-0.4, -0.2) is 51.0 Å². The monoisotopic (exact) mass is 458 g/mol. The summed E-state index contributed by atoms with van der Waals surface area (Å²) in [7, 11) is 0. The van der Waals surface area contributed by atoms with Gasteiger partial charge in [-0.05, 0) is 67.8 Å². The van der Waals surface area contributed by atoms with Gasteiger partial charge in [0.1, 0.15) is 5.60 Å². The summed E-state index contributed by atoms with van der Waals surface area (Å²) < 4.78 is 0. The normalized spacial score (nSPS) is 43.7. The van der Waals surface area contributed by atoms with E-state index in [1.54, 1.807) is 6.08 Å². The molecule has 0 saturated heterocycles. The first-order valence-corrected chi connectivity index (χ1v) is 12.1. The number of rotatable bonds is 5. The number of aliphatic hydroxyl groups excluding tert-OH is 1. The number of thioether (sulfide) groups is 1. The number of carboxylic acids is 1.